The zero-order valence-electron chi connectivity index (χ0n) is 19.4. The summed E-state index contributed by atoms with van der Waals surface area (Å²) in [6.45, 7) is 5.94. The van der Waals surface area contributed by atoms with Gasteiger partial charge >= 0.3 is 0 Å². The van der Waals surface area contributed by atoms with Gasteiger partial charge in [-0.05, 0) is 55.8 Å². The lowest BCUT2D eigenvalue weighted by molar-refractivity contribution is -0.112. The highest BCUT2D eigenvalue weighted by Crippen LogP contribution is 2.24. The molecule has 0 aliphatic carbocycles. The van der Waals surface area contributed by atoms with E-state index in [1.54, 1.807) is 24.3 Å². The van der Waals surface area contributed by atoms with E-state index in [1.807, 2.05) is 6.07 Å². The fraction of sp³-hybridized carbons (Fsp3) is 0.160. The molecule has 11 heteroatoms. The van der Waals surface area contributed by atoms with Crippen LogP contribution in [0.1, 0.15) is 29.3 Å². The first kappa shape index (κ1) is 26.1. The molecule has 0 fully saturated rings. The Morgan fingerprint density at radius 3 is 2.61 bits per heavy atom. The average Bonchev–Trinajstić information content (AvgIpc) is 2.87. The van der Waals surface area contributed by atoms with Crippen molar-refractivity contribution in [2.24, 2.45) is 0 Å². The fourth-order valence-corrected chi connectivity index (χ4v) is 3.06. The van der Waals surface area contributed by atoms with Crippen LogP contribution in [-0.4, -0.2) is 34.9 Å². The highest BCUT2D eigenvalue weighted by molar-refractivity contribution is 6.32. The van der Waals surface area contributed by atoms with Crippen LogP contribution in [0.5, 0.6) is 0 Å². The first-order valence-corrected chi connectivity index (χ1v) is 11.2. The molecule has 9 nitrogen and oxygen atoms in total. The van der Waals surface area contributed by atoms with Crippen molar-refractivity contribution in [1.29, 1.82) is 5.26 Å². The number of carbonyl (C=O) groups is 2. The maximum atomic E-state index is 14.1. The van der Waals surface area contributed by atoms with Crippen LogP contribution >= 0.6 is 11.6 Å². The zero-order chi connectivity index (χ0) is 26.1. The normalized spacial score (nSPS) is 10.2. The quantitative estimate of drug-likeness (QED) is 0.232. The van der Waals surface area contributed by atoms with E-state index < -0.39 is 11.7 Å². The van der Waals surface area contributed by atoms with Gasteiger partial charge < -0.3 is 21.3 Å². The Bertz CT molecular complexity index is 1320. The standard InChI is InChI=1S/C25H23ClFN7O2/c1-15(2)23(35)33-21-12-18(8-9-20(21)27)32-25-31-14-19(26)22(34-25)29-10-3-11-30-24(36)17-6-4-16(13-28)5-7-17/h4-9,12,14H,1,3,10-11H2,2H3,(H,30,36)(H,33,35)(H2,29,31,32,34). The number of hydrogen-bond acceptors (Lipinski definition) is 7. The third-order valence-corrected chi connectivity index (χ3v) is 5.09. The van der Waals surface area contributed by atoms with Crippen LogP contribution in [0.25, 0.3) is 0 Å². The summed E-state index contributed by atoms with van der Waals surface area (Å²) in [5, 5.41) is 20.4. The van der Waals surface area contributed by atoms with Crippen molar-refractivity contribution in [1.82, 2.24) is 15.3 Å². The van der Waals surface area contributed by atoms with Gasteiger partial charge in [-0.15, -0.1) is 0 Å². The smallest absolute Gasteiger partial charge is 0.251 e. The van der Waals surface area contributed by atoms with Crippen LogP contribution in [-0.2, 0) is 4.79 Å². The summed E-state index contributed by atoms with van der Waals surface area (Å²) in [6, 6.07) is 12.5. The van der Waals surface area contributed by atoms with Crippen molar-refractivity contribution in [2.75, 3.05) is 29.0 Å². The largest absolute Gasteiger partial charge is 0.369 e. The van der Waals surface area contributed by atoms with Crippen LogP contribution in [0.4, 0.5) is 27.5 Å². The molecule has 0 saturated carbocycles. The van der Waals surface area contributed by atoms with E-state index in [9.17, 15) is 14.0 Å². The first-order valence-electron chi connectivity index (χ1n) is 10.8. The maximum absolute atomic E-state index is 14.1. The van der Waals surface area contributed by atoms with Gasteiger partial charge in [0.1, 0.15) is 16.7 Å². The minimum absolute atomic E-state index is 0.0108. The minimum Gasteiger partial charge on any atom is -0.369 e. The molecule has 2 amide bonds. The number of nitrogens with zero attached hydrogens (tertiary/aromatic N) is 3. The van der Waals surface area contributed by atoms with E-state index in [2.05, 4.69) is 37.8 Å². The Kier molecular flexibility index (Phi) is 8.91. The van der Waals surface area contributed by atoms with Gasteiger partial charge in [0.2, 0.25) is 5.95 Å². The molecule has 1 aromatic heterocycles. The van der Waals surface area contributed by atoms with Gasteiger partial charge in [0.05, 0.1) is 23.5 Å². The second-order valence-electron chi connectivity index (χ2n) is 7.67. The highest BCUT2D eigenvalue weighted by atomic mass is 35.5. The summed E-state index contributed by atoms with van der Waals surface area (Å²) in [6.07, 6.45) is 2.01. The number of nitrogens with one attached hydrogen (secondary N) is 4. The molecular formula is C25H23ClFN7O2. The molecule has 0 bridgehead atoms. The molecule has 0 aliphatic rings. The molecule has 0 saturated heterocycles. The van der Waals surface area contributed by atoms with Crippen molar-refractivity contribution in [3.8, 4) is 6.07 Å². The van der Waals surface area contributed by atoms with Crippen LogP contribution in [0.2, 0.25) is 5.02 Å². The van der Waals surface area contributed by atoms with Gasteiger partial charge in [0.15, 0.2) is 0 Å². The summed E-state index contributed by atoms with van der Waals surface area (Å²) in [7, 11) is 0. The molecule has 2 aromatic carbocycles. The van der Waals surface area contributed by atoms with Crippen LogP contribution in [0.15, 0.2) is 60.8 Å². The summed E-state index contributed by atoms with van der Waals surface area (Å²) < 4.78 is 14.1. The van der Waals surface area contributed by atoms with Crippen LogP contribution in [0.3, 0.4) is 0 Å². The summed E-state index contributed by atoms with van der Waals surface area (Å²) in [5.41, 5.74) is 1.65. The minimum atomic E-state index is -0.596. The third kappa shape index (κ3) is 7.25. The van der Waals surface area contributed by atoms with Crippen molar-refractivity contribution in [3.63, 3.8) is 0 Å². The molecule has 184 valence electrons. The van der Waals surface area contributed by atoms with Crippen LogP contribution in [0, 0.1) is 17.1 Å². The van der Waals surface area contributed by atoms with Crippen molar-refractivity contribution < 1.29 is 14.0 Å². The second-order valence-corrected chi connectivity index (χ2v) is 8.08. The molecular weight excluding hydrogens is 485 g/mol. The van der Waals surface area contributed by atoms with Gasteiger partial charge in [0, 0.05) is 29.9 Å². The van der Waals surface area contributed by atoms with Gasteiger partial charge in [-0.25, -0.2) is 9.37 Å². The Morgan fingerprint density at radius 1 is 1.17 bits per heavy atom. The Labute approximate surface area is 212 Å². The molecule has 3 aromatic rings. The summed E-state index contributed by atoms with van der Waals surface area (Å²) >= 11 is 6.19. The number of rotatable bonds is 10. The highest BCUT2D eigenvalue weighted by Gasteiger charge is 2.11. The Hall–Kier alpha value is -4.49. The number of halogens is 2. The number of amides is 2. The lowest BCUT2D eigenvalue weighted by Gasteiger charge is -2.12. The third-order valence-electron chi connectivity index (χ3n) is 4.81. The molecule has 36 heavy (non-hydrogen) atoms. The Morgan fingerprint density at radius 2 is 1.92 bits per heavy atom. The van der Waals surface area contributed by atoms with E-state index in [0.717, 1.165) is 0 Å². The molecule has 3 rings (SSSR count). The average molecular weight is 508 g/mol. The fourth-order valence-electron chi connectivity index (χ4n) is 2.90. The number of anilines is 4. The number of aromatic nitrogens is 2. The van der Waals surface area contributed by atoms with E-state index in [0.29, 0.717) is 47.2 Å². The Balaban J connectivity index is 1.53. The second kappa shape index (κ2) is 12.3. The summed E-state index contributed by atoms with van der Waals surface area (Å²) in [5.74, 6) is -0.733. The van der Waals surface area contributed by atoms with Gasteiger partial charge in [0.25, 0.3) is 11.8 Å². The lowest BCUT2D eigenvalue weighted by Crippen LogP contribution is -2.25. The number of benzene rings is 2. The zero-order valence-corrected chi connectivity index (χ0v) is 20.1. The molecule has 4 N–H and O–H groups in total. The SMILES string of the molecule is C=C(C)C(=O)Nc1cc(Nc2ncc(Cl)c(NCCCNC(=O)c3ccc(C#N)cc3)n2)ccc1F. The van der Waals surface area contributed by atoms with Crippen molar-refractivity contribution >= 4 is 46.6 Å². The molecule has 0 aliphatic heterocycles. The molecule has 0 atom stereocenters. The number of hydrogen-bond donors (Lipinski definition) is 4. The molecule has 0 radical (unpaired) electrons. The van der Waals surface area contributed by atoms with Crippen molar-refractivity contribution in [2.45, 2.75) is 13.3 Å². The molecule has 0 unspecified atom stereocenters. The predicted octanol–water partition coefficient (Wildman–Crippen LogP) is 4.63. The lowest BCUT2D eigenvalue weighted by atomic mass is 10.1. The monoisotopic (exact) mass is 507 g/mol. The van der Waals surface area contributed by atoms with E-state index in [1.165, 1.54) is 31.3 Å². The maximum Gasteiger partial charge on any atom is 0.251 e. The van der Waals surface area contributed by atoms with E-state index >= 15 is 0 Å². The molecule has 0 spiro atoms. The van der Waals surface area contributed by atoms with Crippen LogP contribution < -0.4 is 21.3 Å². The van der Waals surface area contributed by atoms with Gasteiger partial charge in [-0.3, -0.25) is 9.59 Å². The van der Waals surface area contributed by atoms with E-state index in [-0.39, 0.29) is 23.1 Å². The van der Waals surface area contributed by atoms with Crippen molar-refractivity contribution in [3.05, 3.63) is 82.8 Å². The number of carbonyl (C=O) groups excluding carboxylic acids is 2. The first-order chi connectivity index (χ1) is 17.3. The number of nitriles is 1. The summed E-state index contributed by atoms with van der Waals surface area (Å²) in [4.78, 5) is 32.4. The van der Waals surface area contributed by atoms with Gasteiger partial charge in [-0.1, -0.05) is 18.2 Å². The topological polar surface area (TPSA) is 132 Å². The predicted molar refractivity (Wildman–Crippen MR) is 137 cm³/mol. The molecule has 1 heterocycles. The van der Waals surface area contributed by atoms with E-state index in [4.69, 9.17) is 16.9 Å². The van der Waals surface area contributed by atoms with Gasteiger partial charge in [-0.2, -0.15) is 10.2 Å².